The van der Waals surface area contributed by atoms with E-state index in [4.69, 9.17) is 28.4 Å². The van der Waals surface area contributed by atoms with Crippen molar-refractivity contribution in [3.63, 3.8) is 0 Å². The topological polar surface area (TPSA) is 55.4 Å². The molecule has 0 saturated heterocycles. The second kappa shape index (κ2) is 27.8. The molecule has 188 valence electrons. The van der Waals surface area contributed by atoms with Gasteiger partial charge in [0.2, 0.25) is 0 Å². The molecule has 0 bridgehead atoms. The van der Waals surface area contributed by atoms with Crippen LogP contribution in [-0.2, 0) is 28.4 Å². The van der Waals surface area contributed by atoms with Crippen LogP contribution >= 0.6 is 0 Å². The lowest BCUT2D eigenvalue weighted by Gasteiger charge is -2.10. The molecular weight excluding hydrogens is 396 g/mol. The highest BCUT2D eigenvalue weighted by atomic mass is 16.6. The van der Waals surface area contributed by atoms with Gasteiger partial charge < -0.3 is 28.4 Å². The van der Waals surface area contributed by atoms with E-state index in [1.54, 1.807) is 0 Å². The second-order valence-electron chi connectivity index (χ2n) is 8.13. The minimum Gasteiger partial charge on any atom is -0.379 e. The van der Waals surface area contributed by atoms with Gasteiger partial charge in [-0.25, -0.2) is 0 Å². The van der Waals surface area contributed by atoms with Gasteiger partial charge in [0.05, 0.1) is 66.1 Å². The molecule has 0 amide bonds. The van der Waals surface area contributed by atoms with Gasteiger partial charge in [0.15, 0.2) is 0 Å². The summed E-state index contributed by atoms with van der Waals surface area (Å²) in [7, 11) is 0. The Bertz CT molecular complexity index is 316. The van der Waals surface area contributed by atoms with Crippen molar-refractivity contribution in [3.05, 3.63) is 0 Å². The lowest BCUT2D eigenvalue weighted by molar-refractivity contribution is -0.0182. The summed E-state index contributed by atoms with van der Waals surface area (Å²) < 4.78 is 33.1. The van der Waals surface area contributed by atoms with E-state index in [1.165, 1.54) is 44.9 Å². The fraction of sp³-hybridized carbons (Fsp3) is 1.00. The molecule has 0 N–H and O–H groups in total. The molecule has 0 aromatic heterocycles. The predicted molar refractivity (Wildman–Crippen MR) is 127 cm³/mol. The van der Waals surface area contributed by atoms with Gasteiger partial charge in [-0.3, -0.25) is 0 Å². The molecule has 0 rings (SSSR count). The molecule has 0 aromatic rings. The first-order valence-electron chi connectivity index (χ1n) is 12.8. The normalized spacial score (nSPS) is 12.5. The van der Waals surface area contributed by atoms with Crippen molar-refractivity contribution in [2.45, 2.75) is 78.6 Å². The lowest BCUT2D eigenvalue weighted by Crippen LogP contribution is -2.14. The van der Waals surface area contributed by atoms with E-state index in [9.17, 15) is 0 Å². The standard InChI is InChI=1S/C25H52O6/c1-4-6-7-8-9-10-11-12-13-26-14-15-27-16-17-28-18-19-29-20-21-30-22-23-31-24-25(3)5-2/h25H,4-24H2,1-3H3. The highest BCUT2D eigenvalue weighted by Gasteiger charge is 1.98. The van der Waals surface area contributed by atoms with Crippen LogP contribution in [0.3, 0.4) is 0 Å². The molecule has 31 heavy (non-hydrogen) atoms. The molecule has 0 radical (unpaired) electrons. The minimum absolute atomic E-state index is 0.579. The molecule has 6 nitrogen and oxygen atoms in total. The average molecular weight is 449 g/mol. The van der Waals surface area contributed by atoms with Gasteiger partial charge in [-0.15, -0.1) is 0 Å². The third-order valence-corrected chi connectivity index (χ3v) is 5.10. The molecule has 0 aliphatic carbocycles. The maximum atomic E-state index is 5.60. The highest BCUT2D eigenvalue weighted by Crippen LogP contribution is 2.08. The third kappa shape index (κ3) is 27.7. The monoisotopic (exact) mass is 448 g/mol. The van der Waals surface area contributed by atoms with Gasteiger partial charge in [-0.2, -0.15) is 0 Å². The largest absolute Gasteiger partial charge is 0.379 e. The van der Waals surface area contributed by atoms with Crippen LogP contribution in [0.5, 0.6) is 0 Å². The smallest absolute Gasteiger partial charge is 0.0701 e. The number of unbranched alkanes of at least 4 members (excludes halogenated alkanes) is 7. The van der Waals surface area contributed by atoms with Gasteiger partial charge in [0.1, 0.15) is 0 Å². The second-order valence-corrected chi connectivity index (χ2v) is 8.13. The summed E-state index contributed by atoms with van der Waals surface area (Å²) in [5, 5.41) is 0. The number of hydrogen-bond donors (Lipinski definition) is 0. The van der Waals surface area contributed by atoms with Crippen molar-refractivity contribution < 1.29 is 28.4 Å². The zero-order valence-electron chi connectivity index (χ0n) is 20.9. The van der Waals surface area contributed by atoms with Crippen molar-refractivity contribution in [2.75, 3.05) is 79.3 Å². The van der Waals surface area contributed by atoms with Crippen LogP contribution in [-0.4, -0.2) is 79.3 Å². The number of rotatable bonds is 27. The molecule has 1 unspecified atom stereocenters. The number of ether oxygens (including phenoxy) is 6. The Balaban J connectivity index is 3.01. The first kappa shape index (κ1) is 30.8. The molecule has 0 aliphatic rings. The first-order valence-corrected chi connectivity index (χ1v) is 12.8. The van der Waals surface area contributed by atoms with Gasteiger partial charge in [-0.1, -0.05) is 72.1 Å². The van der Waals surface area contributed by atoms with Gasteiger partial charge in [0, 0.05) is 13.2 Å². The fourth-order valence-electron chi connectivity index (χ4n) is 2.84. The van der Waals surface area contributed by atoms with Crippen molar-refractivity contribution in [1.82, 2.24) is 0 Å². The first-order chi connectivity index (χ1) is 15.3. The Kier molecular flexibility index (Phi) is 27.6. The Labute approximate surface area is 192 Å². The van der Waals surface area contributed by atoms with Crippen LogP contribution in [0.25, 0.3) is 0 Å². The molecule has 0 saturated carbocycles. The Hall–Kier alpha value is -0.240. The van der Waals surface area contributed by atoms with Crippen LogP contribution in [0, 0.1) is 5.92 Å². The summed E-state index contributed by atoms with van der Waals surface area (Å²) in [6.45, 7) is 14.4. The zero-order chi connectivity index (χ0) is 22.7. The average Bonchev–Trinajstić information content (AvgIpc) is 2.78. The van der Waals surface area contributed by atoms with Gasteiger partial charge in [-0.05, 0) is 12.3 Å². The molecule has 0 fully saturated rings. The van der Waals surface area contributed by atoms with E-state index in [0.717, 1.165) is 26.1 Å². The summed E-state index contributed by atoms with van der Waals surface area (Å²) in [6.07, 6.45) is 11.8. The molecular formula is C25H52O6. The van der Waals surface area contributed by atoms with Crippen molar-refractivity contribution in [1.29, 1.82) is 0 Å². The highest BCUT2D eigenvalue weighted by molar-refractivity contribution is 4.47. The van der Waals surface area contributed by atoms with E-state index in [2.05, 4.69) is 20.8 Å². The third-order valence-electron chi connectivity index (χ3n) is 5.10. The van der Waals surface area contributed by atoms with E-state index in [1.807, 2.05) is 0 Å². The Morgan fingerprint density at radius 1 is 0.419 bits per heavy atom. The summed E-state index contributed by atoms with van der Waals surface area (Å²) in [4.78, 5) is 0. The van der Waals surface area contributed by atoms with E-state index in [-0.39, 0.29) is 0 Å². The molecule has 0 heterocycles. The summed E-state index contributed by atoms with van der Waals surface area (Å²) >= 11 is 0. The van der Waals surface area contributed by atoms with Crippen LogP contribution < -0.4 is 0 Å². The lowest BCUT2D eigenvalue weighted by atomic mass is 10.1. The van der Waals surface area contributed by atoms with E-state index in [0.29, 0.717) is 72.0 Å². The summed E-state index contributed by atoms with van der Waals surface area (Å²) in [5.41, 5.74) is 0. The SMILES string of the molecule is CCCCCCCCCCOCCOCCOCCOCCOCCOCC(C)CC. The van der Waals surface area contributed by atoms with Crippen LogP contribution in [0.2, 0.25) is 0 Å². The quantitative estimate of drug-likeness (QED) is 0.160. The molecule has 1 atom stereocenters. The maximum absolute atomic E-state index is 5.60. The number of hydrogen-bond acceptors (Lipinski definition) is 6. The summed E-state index contributed by atoms with van der Waals surface area (Å²) in [5.74, 6) is 0.617. The van der Waals surface area contributed by atoms with Crippen LogP contribution in [0.15, 0.2) is 0 Å². The zero-order valence-corrected chi connectivity index (χ0v) is 20.9. The minimum atomic E-state index is 0.579. The molecule has 0 spiro atoms. The van der Waals surface area contributed by atoms with Gasteiger partial charge in [0.25, 0.3) is 0 Å². The molecule has 0 aromatic carbocycles. The fourth-order valence-corrected chi connectivity index (χ4v) is 2.84. The predicted octanol–water partition coefficient (Wildman–Crippen LogP) is 5.27. The summed E-state index contributed by atoms with van der Waals surface area (Å²) in [6, 6.07) is 0. The maximum Gasteiger partial charge on any atom is 0.0701 e. The Morgan fingerprint density at radius 3 is 1.19 bits per heavy atom. The molecule has 6 heteroatoms. The van der Waals surface area contributed by atoms with Crippen LogP contribution in [0.4, 0.5) is 0 Å². The van der Waals surface area contributed by atoms with Crippen molar-refractivity contribution in [3.8, 4) is 0 Å². The Morgan fingerprint density at radius 2 is 0.774 bits per heavy atom. The molecule has 0 aliphatic heterocycles. The van der Waals surface area contributed by atoms with E-state index < -0.39 is 0 Å². The van der Waals surface area contributed by atoms with Crippen LogP contribution in [0.1, 0.15) is 78.6 Å². The van der Waals surface area contributed by atoms with E-state index >= 15 is 0 Å². The van der Waals surface area contributed by atoms with Crippen molar-refractivity contribution >= 4 is 0 Å². The van der Waals surface area contributed by atoms with Gasteiger partial charge >= 0.3 is 0 Å². The van der Waals surface area contributed by atoms with Crippen molar-refractivity contribution in [2.24, 2.45) is 5.92 Å².